The van der Waals surface area contributed by atoms with Gasteiger partial charge in [-0.2, -0.15) is 0 Å². The van der Waals surface area contributed by atoms with Gasteiger partial charge in [-0.05, 0) is 0 Å². The first-order valence-electron chi connectivity index (χ1n) is 18.7. The molecule has 8 rings (SSSR count). The van der Waals surface area contributed by atoms with Crippen LogP contribution in [0.1, 0.15) is 16.7 Å². The molecule has 0 atom stereocenters. The number of aryl methyl sites for hydroxylation is 1. The summed E-state index contributed by atoms with van der Waals surface area (Å²) < 4.78 is 0. The van der Waals surface area contributed by atoms with E-state index < -0.39 is 10.6 Å². The molecule has 0 bridgehead atoms. The minimum atomic E-state index is -2.90. The van der Waals surface area contributed by atoms with Crippen LogP contribution in [0.4, 0.5) is 0 Å². The van der Waals surface area contributed by atoms with Gasteiger partial charge in [0, 0.05) is 0 Å². The van der Waals surface area contributed by atoms with Crippen LogP contribution in [-0.2, 0) is 12.3 Å². The molecule has 4 heteroatoms. The van der Waals surface area contributed by atoms with Crippen molar-refractivity contribution in [3.63, 3.8) is 0 Å². The van der Waals surface area contributed by atoms with E-state index >= 15 is 0 Å². The number of benzene rings is 8. The van der Waals surface area contributed by atoms with Crippen LogP contribution in [-0.4, -0.2) is 0 Å². The van der Waals surface area contributed by atoms with Crippen LogP contribution < -0.4 is 31.8 Å². The molecular weight excluding hydrogens is 834 g/mol. The Bertz CT molecular complexity index is 2210. The molecule has 0 aliphatic heterocycles. The molecule has 0 spiro atoms. The third kappa shape index (κ3) is 7.47. The van der Waals surface area contributed by atoms with Crippen LogP contribution in [0.5, 0.6) is 0 Å². The molecule has 0 N–H and O–H groups in total. The second-order valence-electron chi connectivity index (χ2n) is 14.1. The normalized spacial score (nSPS) is 12.9. The van der Waals surface area contributed by atoms with Crippen LogP contribution in [0.15, 0.2) is 237 Å². The van der Waals surface area contributed by atoms with E-state index in [1.54, 1.807) is 0 Å². The Balaban J connectivity index is 0.000000169. The predicted octanol–water partition coefficient (Wildman–Crippen LogP) is 12.4. The third-order valence-corrected chi connectivity index (χ3v) is 29.8. The van der Waals surface area contributed by atoms with Gasteiger partial charge in [-0.25, -0.2) is 0 Å². The standard InChI is InChI=1S/C26H24BrP.C25H22BrP/c1-22-13-11-12-14-23(22)21-28(27,24-15-5-2-6-16-24,25-17-7-3-8-18-25)26-19-9-4-10-20-26;26-27(23-15-7-2-8-16-23,24-17-9-3-10-18-24,25-19-11-4-12-20-25)21-22-13-5-1-6-14-22/h2-20H,21H2,1H3;1-20H,21H2. The van der Waals surface area contributed by atoms with Crippen molar-refractivity contribution in [1.29, 1.82) is 0 Å². The molecule has 8 aromatic rings. The summed E-state index contributed by atoms with van der Waals surface area (Å²) in [5, 5.41) is 2.36. The Kier molecular flexibility index (Phi) is 11.8. The van der Waals surface area contributed by atoms with Gasteiger partial charge in [0.15, 0.2) is 0 Å². The van der Waals surface area contributed by atoms with Gasteiger partial charge in [-0.3, -0.25) is 0 Å². The van der Waals surface area contributed by atoms with Crippen LogP contribution in [0.25, 0.3) is 0 Å². The van der Waals surface area contributed by atoms with Crippen molar-refractivity contribution in [3.05, 3.63) is 253 Å². The number of hydrogen-bond acceptors (Lipinski definition) is 0. The summed E-state index contributed by atoms with van der Waals surface area (Å²) in [7, 11) is 0. The van der Waals surface area contributed by atoms with Crippen LogP contribution in [0.3, 0.4) is 0 Å². The van der Waals surface area contributed by atoms with Gasteiger partial charge in [0.25, 0.3) is 0 Å². The topological polar surface area (TPSA) is 0 Å². The average Bonchev–Trinajstić information content (AvgIpc) is 3.27. The second kappa shape index (κ2) is 16.8. The Hall–Kier alpha value is -4.42. The summed E-state index contributed by atoms with van der Waals surface area (Å²) in [6.45, 7) is 2.21. The van der Waals surface area contributed by atoms with Crippen LogP contribution in [0, 0.1) is 6.92 Å². The van der Waals surface area contributed by atoms with Gasteiger partial charge in [-0.15, -0.1) is 0 Å². The fourth-order valence-corrected chi connectivity index (χ4v) is 23.4. The monoisotopic (exact) mass is 878 g/mol. The summed E-state index contributed by atoms with van der Waals surface area (Å²) >= 11 is 9.00. The molecule has 0 fully saturated rings. The summed E-state index contributed by atoms with van der Waals surface area (Å²) in [6.07, 6.45) is 1.88. The maximum atomic E-state index is 4.52. The number of halogens is 2. The maximum absolute atomic E-state index is 4.52. The van der Waals surface area contributed by atoms with Crippen LogP contribution in [0.2, 0.25) is 0 Å². The summed E-state index contributed by atoms with van der Waals surface area (Å²) in [5.41, 5.74) is 4.05. The van der Waals surface area contributed by atoms with Gasteiger partial charge in [0.2, 0.25) is 0 Å². The Labute approximate surface area is 343 Å². The summed E-state index contributed by atoms with van der Waals surface area (Å²) in [5.74, 6) is 0. The van der Waals surface area contributed by atoms with E-state index in [0.717, 1.165) is 12.3 Å². The van der Waals surface area contributed by atoms with Crippen LogP contribution >= 0.6 is 41.6 Å². The van der Waals surface area contributed by atoms with E-state index in [2.05, 4.69) is 274 Å². The molecule has 0 aliphatic carbocycles. The minimum absolute atomic E-state index is 0.935. The molecular formula is C51H46Br2P2. The molecule has 55 heavy (non-hydrogen) atoms. The molecule has 0 aromatic heterocycles. The fraction of sp³-hybridized carbons (Fsp3) is 0.0588. The molecule has 0 saturated carbocycles. The van der Waals surface area contributed by atoms with Crippen molar-refractivity contribution in [1.82, 2.24) is 0 Å². The molecule has 0 amide bonds. The van der Waals surface area contributed by atoms with Gasteiger partial charge in [0.05, 0.1) is 0 Å². The van der Waals surface area contributed by atoms with Crippen molar-refractivity contribution < 1.29 is 0 Å². The predicted molar refractivity (Wildman–Crippen MR) is 253 cm³/mol. The average molecular weight is 881 g/mol. The molecule has 0 heterocycles. The Morgan fingerprint density at radius 3 is 0.818 bits per heavy atom. The molecule has 8 aromatic carbocycles. The Morgan fingerprint density at radius 2 is 0.527 bits per heavy atom. The van der Waals surface area contributed by atoms with Gasteiger partial charge in [0.1, 0.15) is 0 Å². The quantitative estimate of drug-likeness (QED) is 0.120. The van der Waals surface area contributed by atoms with Crippen molar-refractivity contribution >= 4 is 73.4 Å². The van der Waals surface area contributed by atoms with E-state index in [4.69, 9.17) is 0 Å². The summed E-state index contributed by atoms with van der Waals surface area (Å²) in [4.78, 5) is 0. The van der Waals surface area contributed by atoms with E-state index in [1.165, 1.54) is 48.5 Å². The van der Waals surface area contributed by atoms with Crippen molar-refractivity contribution in [2.24, 2.45) is 0 Å². The molecule has 0 saturated heterocycles. The fourth-order valence-electron chi connectivity index (χ4n) is 7.91. The van der Waals surface area contributed by atoms with E-state index in [0.29, 0.717) is 0 Å². The van der Waals surface area contributed by atoms with Gasteiger partial charge < -0.3 is 0 Å². The van der Waals surface area contributed by atoms with Gasteiger partial charge >= 0.3 is 346 Å². The zero-order valence-corrected chi connectivity index (χ0v) is 36.0. The van der Waals surface area contributed by atoms with Crippen molar-refractivity contribution in [2.45, 2.75) is 19.2 Å². The van der Waals surface area contributed by atoms with Crippen molar-refractivity contribution in [2.75, 3.05) is 0 Å². The first kappa shape index (κ1) is 38.8. The SMILES string of the molecule is BrP(Cc1ccccc1)(c1ccccc1)(c1ccccc1)c1ccccc1.Cc1ccccc1CP(Br)(c1ccccc1)(c1ccccc1)c1ccccc1. The Morgan fingerprint density at radius 1 is 0.291 bits per heavy atom. The van der Waals surface area contributed by atoms with Crippen molar-refractivity contribution in [3.8, 4) is 0 Å². The number of rotatable bonds is 10. The van der Waals surface area contributed by atoms with E-state index in [1.807, 2.05) is 0 Å². The van der Waals surface area contributed by atoms with E-state index in [-0.39, 0.29) is 0 Å². The zero-order valence-electron chi connectivity index (χ0n) is 31.1. The molecule has 0 unspecified atom stereocenters. The first-order valence-corrected chi connectivity index (χ1v) is 27.6. The molecule has 274 valence electrons. The van der Waals surface area contributed by atoms with Gasteiger partial charge in [-0.1, -0.05) is 0 Å². The van der Waals surface area contributed by atoms with E-state index in [9.17, 15) is 0 Å². The zero-order chi connectivity index (χ0) is 38.1. The molecule has 0 radical (unpaired) electrons. The molecule has 0 aliphatic rings. The first-order chi connectivity index (χ1) is 26.8. The molecule has 0 nitrogen and oxygen atoms in total. The number of hydrogen-bond donors (Lipinski definition) is 0. The summed E-state index contributed by atoms with van der Waals surface area (Å²) in [6, 6.07) is 85.3. The second-order valence-corrected chi connectivity index (χ2v) is 32.0. The third-order valence-electron chi connectivity index (χ3n) is 10.8.